The van der Waals surface area contributed by atoms with Crippen LogP contribution in [0, 0.1) is 0 Å². The van der Waals surface area contributed by atoms with Crippen LogP contribution in [0.4, 0.5) is 20.3 Å². The van der Waals surface area contributed by atoms with E-state index < -0.39 is 6.43 Å². The lowest BCUT2D eigenvalue weighted by Crippen LogP contribution is -2.44. The number of nitrogens with two attached hydrogens (primary N) is 1. The number of aromatic nitrogens is 2. The molecule has 2 fully saturated rings. The molecule has 0 bridgehead atoms. The van der Waals surface area contributed by atoms with Crippen molar-refractivity contribution in [2.75, 3.05) is 38.7 Å². The Balaban J connectivity index is 1.74. The Labute approximate surface area is 214 Å². The number of hydrogen-bond donors (Lipinski definition) is 1. The number of hydrogen-bond acceptors (Lipinski definition) is 8. The lowest BCUT2D eigenvalue weighted by Gasteiger charge is -2.34. The molecule has 1 aliphatic heterocycles. The molecule has 0 amide bonds. The van der Waals surface area contributed by atoms with Gasteiger partial charge in [-0.05, 0) is 38.0 Å². The summed E-state index contributed by atoms with van der Waals surface area (Å²) in [5, 5.41) is 0. The topological polar surface area (TPSA) is 109 Å². The third-order valence-corrected chi connectivity index (χ3v) is 6.28. The van der Waals surface area contributed by atoms with E-state index in [1.807, 2.05) is 19.0 Å². The van der Waals surface area contributed by atoms with E-state index in [0.29, 0.717) is 59.9 Å². The predicted molar refractivity (Wildman–Crippen MR) is 140 cm³/mol. The Morgan fingerprint density at radius 2 is 2.11 bits per heavy atom. The molecule has 2 aliphatic rings. The van der Waals surface area contributed by atoms with Gasteiger partial charge in [-0.15, -0.1) is 0 Å². The predicted octanol–water partition coefficient (Wildman–Crippen LogP) is 3.79. The number of rotatable bonds is 8. The summed E-state index contributed by atoms with van der Waals surface area (Å²) in [4.78, 5) is 33.9. The Kier molecular flexibility index (Phi) is 8.22. The van der Waals surface area contributed by atoms with Crippen LogP contribution in [-0.4, -0.2) is 79.1 Å². The van der Waals surface area contributed by atoms with Crippen LogP contribution < -0.4 is 10.6 Å². The molecule has 1 atom stereocenters. The number of halogens is 2. The molecule has 0 aromatic carbocycles. The summed E-state index contributed by atoms with van der Waals surface area (Å²) in [6.07, 6.45) is 4.51. The van der Waals surface area contributed by atoms with Crippen LogP contribution in [0.5, 0.6) is 0 Å². The smallest absolute Gasteiger partial charge is 0.280 e. The number of carbonyl (C=O) groups excluding carboxylic acids is 1. The maximum Gasteiger partial charge on any atom is 0.280 e. The number of carbonyl (C=O) groups is 1. The van der Waals surface area contributed by atoms with Crippen molar-refractivity contribution in [3.8, 4) is 11.3 Å². The summed E-state index contributed by atoms with van der Waals surface area (Å²) >= 11 is 0. The fourth-order valence-electron chi connectivity index (χ4n) is 3.76. The molecule has 3 heterocycles. The second-order valence-corrected chi connectivity index (χ2v) is 9.19. The standard InChI is InChI=1S/C26H31F2N7O2/c1-16(34(2)3)32-25-18(15-36)10-23(33-24(25)17-4-7-21(26(27)28)31-12-17)35-8-9-37-22(14-35)19(11-29)13-30-20-5-6-20/h4,7,10-13,15,20,22,26H,5-6,8-9,14,29H2,1-3H3/b19-11+,30-13?,32-16?/t22-/m1/s1. The first kappa shape index (κ1) is 26.3. The lowest BCUT2D eigenvalue weighted by atomic mass is 10.1. The van der Waals surface area contributed by atoms with E-state index in [0.717, 1.165) is 24.7 Å². The van der Waals surface area contributed by atoms with Gasteiger partial charge < -0.3 is 20.3 Å². The summed E-state index contributed by atoms with van der Waals surface area (Å²) in [6, 6.07) is 4.82. The van der Waals surface area contributed by atoms with E-state index in [4.69, 9.17) is 15.5 Å². The van der Waals surface area contributed by atoms with Crippen LogP contribution in [0.1, 0.15) is 42.2 Å². The zero-order valence-corrected chi connectivity index (χ0v) is 21.1. The molecule has 2 aromatic rings. The van der Waals surface area contributed by atoms with Gasteiger partial charge in [-0.1, -0.05) is 0 Å². The van der Waals surface area contributed by atoms with Gasteiger partial charge in [0.25, 0.3) is 6.43 Å². The summed E-state index contributed by atoms with van der Waals surface area (Å²) in [7, 11) is 3.67. The number of anilines is 1. The number of alkyl halides is 2. The van der Waals surface area contributed by atoms with E-state index >= 15 is 0 Å². The van der Waals surface area contributed by atoms with Crippen molar-refractivity contribution < 1.29 is 18.3 Å². The summed E-state index contributed by atoms with van der Waals surface area (Å²) in [5.74, 6) is 1.19. The highest BCUT2D eigenvalue weighted by Gasteiger charge is 2.27. The Bertz CT molecular complexity index is 1210. The molecule has 11 heteroatoms. The maximum atomic E-state index is 13.1. The van der Waals surface area contributed by atoms with E-state index in [1.54, 1.807) is 24.1 Å². The maximum absolute atomic E-state index is 13.1. The Morgan fingerprint density at radius 3 is 2.70 bits per heavy atom. The average Bonchev–Trinajstić information content (AvgIpc) is 3.74. The second kappa shape index (κ2) is 11.5. The van der Waals surface area contributed by atoms with E-state index in [9.17, 15) is 13.6 Å². The molecular weight excluding hydrogens is 480 g/mol. The number of pyridine rings is 2. The van der Waals surface area contributed by atoms with Gasteiger partial charge in [0.05, 0.1) is 12.6 Å². The van der Waals surface area contributed by atoms with E-state index in [-0.39, 0.29) is 11.8 Å². The van der Waals surface area contributed by atoms with Crippen molar-refractivity contribution in [2.45, 2.75) is 38.3 Å². The van der Waals surface area contributed by atoms with Crippen LogP contribution in [0.25, 0.3) is 11.3 Å². The van der Waals surface area contributed by atoms with Gasteiger partial charge >= 0.3 is 0 Å². The van der Waals surface area contributed by atoms with Crippen LogP contribution in [-0.2, 0) is 4.74 Å². The molecule has 1 saturated carbocycles. The number of aliphatic imine (C=N–C) groups is 2. The first-order valence-corrected chi connectivity index (χ1v) is 12.1. The third-order valence-electron chi connectivity index (χ3n) is 6.28. The summed E-state index contributed by atoms with van der Waals surface area (Å²) in [5.41, 5.74) is 7.84. The highest BCUT2D eigenvalue weighted by Crippen LogP contribution is 2.35. The molecule has 196 valence electrons. The Morgan fingerprint density at radius 1 is 1.32 bits per heavy atom. The fraction of sp³-hybridized carbons (Fsp3) is 0.423. The van der Waals surface area contributed by atoms with Gasteiger partial charge in [-0.25, -0.2) is 18.8 Å². The van der Waals surface area contributed by atoms with Crippen molar-refractivity contribution in [1.82, 2.24) is 14.9 Å². The van der Waals surface area contributed by atoms with Crippen molar-refractivity contribution in [3.05, 3.63) is 47.4 Å². The number of aldehydes is 1. The number of amidine groups is 1. The van der Waals surface area contributed by atoms with Gasteiger partial charge in [0.1, 0.15) is 34.8 Å². The first-order valence-electron chi connectivity index (χ1n) is 12.1. The second-order valence-electron chi connectivity index (χ2n) is 9.19. The summed E-state index contributed by atoms with van der Waals surface area (Å²) in [6.45, 7) is 3.23. The van der Waals surface area contributed by atoms with Crippen LogP contribution >= 0.6 is 0 Å². The summed E-state index contributed by atoms with van der Waals surface area (Å²) < 4.78 is 32.2. The van der Waals surface area contributed by atoms with Crippen molar-refractivity contribution in [1.29, 1.82) is 0 Å². The highest BCUT2D eigenvalue weighted by atomic mass is 19.3. The monoisotopic (exact) mass is 511 g/mol. The van der Waals surface area contributed by atoms with Gasteiger partial charge in [-0.3, -0.25) is 14.8 Å². The van der Waals surface area contributed by atoms with Crippen molar-refractivity contribution in [2.24, 2.45) is 15.7 Å². The number of ether oxygens (including phenoxy) is 1. The molecule has 4 rings (SSSR count). The number of nitrogens with zero attached hydrogens (tertiary/aromatic N) is 6. The number of morpholine rings is 1. The van der Waals surface area contributed by atoms with E-state index in [2.05, 4.69) is 15.0 Å². The van der Waals surface area contributed by atoms with Gasteiger partial charge in [-0.2, -0.15) is 0 Å². The van der Waals surface area contributed by atoms with Crippen LogP contribution in [0.3, 0.4) is 0 Å². The molecular formula is C26H31F2N7O2. The average molecular weight is 512 g/mol. The largest absolute Gasteiger partial charge is 0.404 e. The molecule has 9 nitrogen and oxygen atoms in total. The Hall–Kier alpha value is -3.73. The lowest BCUT2D eigenvalue weighted by molar-refractivity contribution is 0.0677. The van der Waals surface area contributed by atoms with Crippen LogP contribution in [0.15, 0.2) is 46.2 Å². The quantitative estimate of drug-likeness (QED) is 0.326. The van der Waals surface area contributed by atoms with Crippen LogP contribution in [0.2, 0.25) is 0 Å². The first-order chi connectivity index (χ1) is 17.8. The third kappa shape index (κ3) is 6.34. The highest BCUT2D eigenvalue weighted by molar-refractivity contribution is 5.94. The zero-order chi connectivity index (χ0) is 26.5. The molecule has 2 aromatic heterocycles. The zero-order valence-electron chi connectivity index (χ0n) is 21.1. The van der Waals surface area contributed by atoms with Gasteiger partial charge in [0.15, 0.2) is 6.29 Å². The minimum absolute atomic E-state index is 0.313. The molecule has 0 radical (unpaired) electrons. The molecule has 0 unspecified atom stereocenters. The molecule has 37 heavy (non-hydrogen) atoms. The van der Waals surface area contributed by atoms with Crippen molar-refractivity contribution in [3.63, 3.8) is 0 Å². The van der Waals surface area contributed by atoms with Gasteiger partial charge in [0, 0.05) is 62.5 Å². The minimum atomic E-state index is -2.69. The molecule has 2 N–H and O–H groups in total. The molecule has 1 aliphatic carbocycles. The fourth-order valence-corrected chi connectivity index (χ4v) is 3.76. The normalized spacial score (nSPS) is 19.1. The van der Waals surface area contributed by atoms with Gasteiger partial charge in [0.2, 0.25) is 0 Å². The van der Waals surface area contributed by atoms with Crippen molar-refractivity contribution >= 4 is 29.8 Å². The molecule has 0 spiro atoms. The van der Waals surface area contributed by atoms with E-state index in [1.165, 1.54) is 24.5 Å². The minimum Gasteiger partial charge on any atom is -0.404 e. The SMILES string of the molecule is CC(=Nc1c(C=O)cc(N2CCO[C@@H](/C(C=NC3CC3)=C/N)C2)nc1-c1ccc(C(F)F)nc1)N(C)C. The molecule has 1 saturated heterocycles.